The number of amides is 1. The van der Waals surface area contributed by atoms with Crippen molar-refractivity contribution in [3.8, 4) is 0 Å². The number of hydrogen-bond donors (Lipinski definition) is 2. The molecule has 0 saturated carbocycles. The number of carboxylic acid groups (broad SMARTS) is 1. The Morgan fingerprint density at radius 2 is 1.18 bits per heavy atom. The zero-order valence-corrected chi connectivity index (χ0v) is 18.3. The topological polar surface area (TPSA) is 101 Å². The highest BCUT2D eigenvalue weighted by molar-refractivity contribution is 6.49. The number of aliphatic carboxylic acids is 1. The summed E-state index contributed by atoms with van der Waals surface area (Å²) in [4.78, 5) is 47.6. The van der Waals surface area contributed by atoms with Crippen LogP contribution in [0.3, 0.4) is 0 Å². The van der Waals surface area contributed by atoms with Crippen LogP contribution in [0.25, 0.3) is 12.2 Å². The molecule has 0 aliphatic carbocycles. The van der Waals surface area contributed by atoms with Crippen molar-refractivity contribution in [2.75, 3.05) is 6.54 Å². The van der Waals surface area contributed by atoms with Crippen molar-refractivity contribution in [3.63, 3.8) is 0 Å². The van der Waals surface area contributed by atoms with Crippen LogP contribution in [0, 0.1) is 0 Å². The summed E-state index contributed by atoms with van der Waals surface area (Å²) in [5, 5.41) is 11.5. The molecular formula is C28H23NO5. The van der Waals surface area contributed by atoms with Gasteiger partial charge in [0.2, 0.25) is 17.5 Å². The Labute approximate surface area is 197 Å². The lowest BCUT2D eigenvalue weighted by molar-refractivity contribution is -0.131. The average Bonchev–Trinajstić information content (AvgIpc) is 2.86. The van der Waals surface area contributed by atoms with E-state index in [-0.39, 0.29) is 17.0 Å². The molecule has 0 aliphatic heterocycles. The maximum atomic E-state index is 12.5. The Bertz CT molecular complexity index is 1220. The Kier molecular flexibility index (Phi) is 8.41. The molecule has 34 heavy (non-hydrogen) atoms. The first-order chi connectivity index (χ1) is 16.4. The van der Waals surface area contributed by atoms with Crippen LogP contribution in [0.5, 0.6) is 0 Å². The number of carbonyl (C=O) groups is 4. The van der Waals surface area contributed by atoms with E-state index in [1.165, 1.54) is 36.4 Å². The number of carbonyl (C=O) groups excluding carboxylic acids is 3. The molecule has 0 saturated heterocycles. The quantitative estimate of drug-likeness (QED) is 0.272. The van der Waals surface area contributed by atoms with Gasteiger partial charge in [-0.1, -0.05) is 78.9 Å². The zero-order chi connectivity index (χ0) is 24.3. The lowest BCUT2D eigenvalue weighted by atomic mass is 9.99. The minimum Gasteiger partial charge on any atom is -0.478 e. The summed E-state index contributed by atoms with van der Waals surface area (Å²) in [5.74, 6) is -2.59. The molecule has 0 aliphatic rings. The molecule has 1 amide bonds. The van der Waals surface area contributed by atoms with Crippen molar-refractivity contribution in [3.05, 3.63) is 119 Å². The molecule has 0 radical (unpaired) electrons. The fourth-order valence-electron chi connectivity index (χ4n) is 3.13. The van der Waals surface area contributed by atoms with Gasteiger partial charge in [0.15, 0.2) is 0 Å². The van der Waals surface area contributed by atoms with Crippen LogP contribution in [0.2, 0.25) is 0 Å². The van der Waals surface area contributed by atoms with Crippen LogP contribution in [-0.4, -0.2) is 35.1 Å². The Balaban J connectivity index is 1.53. The van der Waals surface area contributed by atoms with E-state index in [1.807, 2.05) is 30.3 Å². The van der Waals surface area contributed by atoms with E-state index in [2.05, 4.69) is 5.32 Å². The van der Waals surface area contributed by atoms with E-state index in [0.717, 1.165) is 23.6 Å². The lowest BCUT2D eigenvalue weighted by Gasteiger charge is -2.03. The number of ketones is 2. The fourth-order valence-corrected chi connectivity index (χ4v) is 3.13. The molecule has 3 aromatic rings. The Morgan fingerprint density at radius 3 is 1.68 bits per heavy atom. The van der Waals surface area contributed by atoms with Gasteiger partial charge in [0.05, 0.1) is 0 Å². The van der Waals surface area contributed by atoms with Crippen molar-refractivity contribution < 1.29 is 24.3 Å². The normalized spacial score (nSPS) is 10.9. The van der Waals surface area contributed by atoms with E-state index in [9.17, 15) is 19.2 Å². The highest BCUT2D eigenvalue weighted by atomic mass is 16.4. The summed E-state index contributed by atoms with van der Waals surface area (Å²) in [7, 11) is 0. The number of benzene rings is 3. The molecule has 0 heterocycles. The van der Waals surface area contributed by atoms with E-state index in [4.69, 9.17) is 5.11 Å². The van der Waals surface area contributed by atoms with Crippen LogP contribution in [0.1, 0.15) is 37.4 Å². The van der Waals surface area contributed by atoms with Gasteiger partial charge in [0, 0.05) is 29.8 Å². The van der Waals surface area contributed by atoms with Crippen molar-refractivity contribution in [1.82, 2.24) is 5.32 Å². The zero-order valence-electron chi connectivity index (χ0n) is 18.3. The van der Waals surface area contributed by atoms with Gasteiger partial charge in [-0.2, -0.15) is 0 Å². The first-order valence-electron chi connectivity index (χ1n) is 10.6. The highest BCUT2D eigenvalue weighted by Crippen LogP contribution is 2.12. The van der Waals surface area contributed by atoms with Crippen molar-refractivity contribution >= 4 is 35.6 Å². The molecule has 0 bridgehead atoms. The number of Topliss-reactive ketones (excluding diaryl/α,β-unsaturated/α-hetero) is 2. The summed E-state index contributed by atoms with van der Waals surface area (Å²) in [6.07, 6.45) is 6.19. The molecule has 6 heteroatoms. The molecule has 0 aromatic heterocycles. The summed E-state index contributed by atoms with van der Waals surface area (Å²) in [6, 6.07) is 22.4. The van der Waals surface area contributed by atoms with Crippen LogP contribution < -0.4 is 5.32 Å². The predicted octanol–water partition coefficient (Wildman–Crippen LogP) is 4.22. The first-order valence-corrected chi connectivity index (χ1v) is 10.6. The van der Waals surface area contributed by atoms with E-state index in [0.29, 0.717) is 12.1 Å². The Morgan fingerprint density at radius 1 is 0.676 bits per heavy atom. The van der Waals surface area contributed by atoms with Crippen LogP contribution in [0.4, 0.5) is 0 Å². The smallest absolute Gasteiger partial charge is 0.328 e. The van der Waals surface area contributed by atoms with E-state index in [1.54, 1.807) is 30.3 Å². The third-order valence-electron chi connectivity index (χ3n) is 4.95. The molecule has 3 rings (SSSR count). The molecule has 170 valence electrons. The molecule has 0 atom stereocenters. The monoisotopic (exact) mass is 453 g/mol. The second-order valence-electron chi connectivity index (χ2n) is 7.43. The SMILES string of the molecule is O=C(O)C=Cc1ccc(C(=O)C(=O)c2ccc(C=CC(=O)NCCc3ccccc3)cc2)cc1. The molecular weight excluding hydrogens is 430 g/mol. The second-order valence-corrected chi connectivity index (χ2v) is 7.43. The number of carboxylic acids is 1. The van der Waals surface area contributed by atoms with Crippen molar-refractivity contribution in [2.45, 2.75) is 6.42 Å². The van der Waals surface area contributed by atoms with Gasteiger partial charge in [-0.25, -0.2) is 4.79 Å². The second kappa shape index (κ2) is 11.9. The van der Waals surface area contributed by atoms with Gasteiger partial charge >= 0.3 is 5.97 Å². The molecule has 2 N–H and O–H groups in total. The van der Waals surface area contributed by atoms with E-state index >= 15 is 0 Å². The maximum Gasteiger partial charge on any atom is 0.328 e. The Hall–Kier alpha value is -4.58. The lowest BCUT2D eigenvalue weighted by Crippen LogP contribution is -2.23. The predicted molar refractivity (Wildman–Crippen MR) is 130 cm³/mol. The summed E-state index contributed by atoms with van der Waals surface area (Å²) in [5.41, 5.74) is 2.92. The summed E-state index contributed by atoms with van der Waals surface area (Å²) in [6.45, 7) is 0.527. The first kappa shape index (κ1) is 24.1. The minimum absolute atomic E-state index is 0.215. The fraction of sp³-hybridized carbons (Fsp3) is 0.0714. The molecule has 0 unspecified atom stereocenters. The molecule has 0 fully saturated rings. The molecule has 3 aromatic carbocycles. The largest absolute Gasteiger partial charge is 0.478 e. The van der Waals surface area contributed by atoms with Crippen molar-refractivity contribution in [1.29, 1.82) is 0 Å². The standard InChI is InChI=1S/C28H23NO5/c30-25(29-19-18-20-4-2-1-3-5-20)16-10-21-6-12-23(13-7-21)27(33)28(34)24-14-8-22(9-15-24)11-17-26(31)32/h1-17H,18-19H2,(H,29,30)(H,31,32). The van der Waals surface area contributed by atoms with Gasteiger partial charge in [-0.3, -0.25) is 14.4 Å². The van der Waals surface area contributed by atoms with Crippen LogP contribution in [0.15, 0.2) is 91.0 Å². The van der Waals surface area contributed by atoms with Gasteiger partial charge in [0.1, 0.15) is 0 Å². The number of hydrogen-bond acceptors (Lipinski definition) is 4. The highest BCUT2D eigenvalue weighted by Gasteiger charge is 2.18. The minimum atomic E-state index is -1.07. The van der Waals surface area contributed by atoms with Gasteiger partial charge in [-0.05, 0) is 35.3 Å². The van der Waals surface area contributed by atoms with Crippen LogP contribution >= 0.6 is 0 Å². The average molecular weight is 453 g/mol. The summed E-state index contributed by atoms with van der Waals surface area (Å²) >= 11 is 0. The van der Waals surface area contributed by atoms with E-state index < -0.39 is 17.5 Å². The van der Waals surface area contributed by atoms with Crippen LogP contribution in [-0.2, 0) is 16.0 Å². The summed E-state index contributed by atoms with van der Waals surface area (Å²) < 4.78 is 0. The molecule has 6 nitrogen and oxygen atoms in total. The van der Waals surface area contributed by atoms with Crippen molar-refractivity contribution in [2.24, 2.45) is 0 Å². The number of nitrogens with one attached hydrogen (secondary N) is 1. The maximum absolute atomic E-state index is 12.5. The van der Waals surface area contributed by atoms with Gasteiger partial charge < -0.3 is 10.4 Å². The molecule has 0 spiro atoms. The van der Waals surface area contributed by atoms with Gasteiger partial charge in [-0.15, -0.1) is 0 Å². The third kappa shape index (κ3) is 7.24. The number of rotatable bonds is 10. The van der Waals surface area contributed by atoms with Gasteiger partial charge in [0.25, 0.3) is 0 Å². The third-order valence-corrected chi connectivity index (χ3v) is 4.95.